The molecule has 0 radical (unpaired) electrons. The molecule has 0 aliphatic carbocycles. The number of ether oxygens (including phenoxy) is 1. The number of amides is 3. The van der Waals surface area contributed by atoms with E-state index in [0.29, 0.717) is 5.56 Å². The van der Waals surface area contributed by atoms with Crippen LogP contribution >= 0.6 is 0 Å². The van der Waals surface area contributed by atoms with Crippen LogP contribution in [0.5, 0.6) is 5.75 Å². The largest absolute Gasteiger partial charge is 0.496 e. The maximum absolute atomic E-state index is 12.3. The highest BCUT2D eigenvalue weighted by atomic mass is 16.5. The molecule has 3 N–H and O–H groups in total. The van der Waals surface area contributed by atoms with E-state index in [2.05, 4.69) is 26.7 Å². The van der Waals surface area contributed by atoms with Gasteiger partial charge >= 0.3 is 6.03 Å². The number of pyridine rings is 1. The number of aromatic nitrogens is 2. The molecule has 0 bridgehead atoms. The Morgan fingerprint density at radius 3 is 2.58 bits per heavy atom. The zero-order chi connectivity index (χ0) is 21.6. The highest BCUT2D eigenvalue weighted by Gasteiger charge is 2.43. The number of carbonyl (C=O) groups is 2. The van der Waals surface area contributed by atoms with Crippen LogP contribution in [0.15, 0.2) is 67.0 Å². The van der Waals surface area contributed by atoms with Gasteiger partial charge in [-0.25, -0.2) is 9.78 Å². The minimum Gasteiger partial charge on any atom is -0.496 e. The lowest BCUT2D eigenvalue weighted by Crippen LogP contribution is -2.40. The SMILES string of the molecule is COc1ccccc1-c1c[nH]c2ncc(-c3cccc([C@@]4(C)NC(=O)NC4=O)c3)cc12. The molecule has 1 atom stereocenters. The number of nitrogens with one attached hydrogen (secondary N) is 3. The number of hydrogen-bond donors (Lipinski definition) is 3. The number of aromatic amines is 1. The van der Waals surface area contributed by atoms with Crippen molar-refractivity contribution in [2.75, 3.05) is 7.11 Å². The third-order valence-electron chi connectivity index (χ3n) is 5.75. The summed E-state index contributed by atoms with van der Waals surface area (Å²) in [4.78, 5) is 31.8. The van der Waals surface area contributed by atoms with Crippen molar-refractivity contribution in [3.05, 3.63) is 72.6 Å². The van der Waals surface area contributed by atoms with Gasteiger partial charge < -0.3 is 15.0 Å². The highest BCUT2D eigenvalue weighted by Crippen LogP contribution is 2.36. The molecule has 1 aliphatic heterocycles. The normalized spacial score (nSPS) is 18.1. The average molecular weight is 412 g/mol. The predicted molar refractivity (Wildman–Crippen MR) is 118 cm³/mol. The second-order valence-corrected chi connectivity index (χ2v) is 7.64. The molecule has 2 aromatic heterocycles. The van der Waals surface area contributed by atoms with Gasteiger partial charge in [-0.1, -0.05) is 36.4 Å². The second-order valence-electron chi connectivity index (χ2n) is 7.64. The molecule has 4 aromatic rings. The standard InChI is InChI=1S/C24H20N4O3/c1-24(22(29)27-23(30)28-24)16-7-5-6-14(10-16)15-11-18-19(13-26-21(18)25-12-15)17-8-3-4-9-20(17)31-2/h3-13H,1-2H3,(H,25,26)(H2,27,28,29,30)/t24-/m1/s1. The Hall–Kier alpha value is -4.13. The molecular formula is C24H20N4O3. The van der Waals surface area contributed by atoms with Gasteiger partial charge in [-0.05, 0) is 36.2 Å². The summed E-state index contributed by atoms with van der Waals surface area (Å²) in [5, 5.41) is 5.98. The van der Waals surface area contributed by atoms with Crippen molar-refractivity contribution in [1.82, 2.24) is 20.6 Å². The Labute approximate surface area is 178 Å². The van der Waals surface area contributed by atoms with Gasteiger partial charge in [-0.15, -0.1) is 0 Å². The first kappa shape index (κ1) is 18.9. The van der Waals surface area contributed by atoms with Crippen molar-refractivity contribution in [2.24, 2.45) is 0 Å². The molecule has 154 valence electrons. The van der Waals surface area contributed by atoms with E-state index >= 15 is 0 Å². The van der Waals surface area contributed by atoms with Gasteiger partial charge in [0, 0.05) is 34.5 Å². The van der Waals surface area contributed by atoms with Gasteiger partial charge in [-0.3, -0.25) is 10.1 Å². The molecule has 1 saturated heterocycles. The van der Waals surface area contributed by atoms with Crippen LogP contribution in [0.4, 0.5) is 4.79 Å². The van der Waals surface area contributed by atoms with E-state index in [-0.39, 0.29) is 5.91 Å². The minimum atomic E-state index is -1.11. The highest BCUT2D eigenvalue weighted by molar-refractivity contribution is 6.07. The van der Waals surface area contributed by atoms with E-state index in [1.54, 1.807) is 20.2 Å². The number of imide groups is 1. The van der Waals surface area contributed by atoms with E-state index in [1.807, 2.05) is 54.7 Å². The van der Waals surface area contributed by atoms with Crippen LogP contribution in [-0.2, 0) is 10.3 Å². The van der Waals surface area contributed by atoms with E-state index in [1.165, 1.54) is 0 Å². The van der Waals surface area contributed by atoms with Gasteiger partial charge in [0.15, 0.2) is 0 Å². The van der Waals surface area contributed by atoms with Gasteiger partial charge in [-0.2, -0.15) is 0 Å². The number of rotatable bonds is 4. The molecule has 3 amide bonds. The molecular weight excluding hydrogens is 392 g/mol. The molecule has 3 heterocycles. The van der Waals surface area contributed by atoms with Crippen LogP contribution in [0.3, 0.4) is 0 Å². The Bertz CT molecular complexity index is 1340. The first-order chi connectivity index (χ1) is 15.0. The fourth-order valence-corrected chi connectivity index (χ4v) is 4.01. The summed E-state index contributed by atoms with van der Waals surface area (Å²) in [6.07, 6.45) is 3.72. The van der Waals surface area contributed by atoms with Crippen molar-refractivity contribution < 1.29 is 14.3 Å². The fourth-order valence-electron chi connectivity index (χ4n) is 4.01. The summed E-state index contributed by atoms with van der Waals surface area (Å²) in [6, 6.07) is 17.0. The van der Waals surface area contributed by atoms with Crippen molar-refractivity contribution in [3.63, 3.8) is 0 Å². The molecule has 1 fully saturated rings. The Balaban J connectivity index is 1.61. The monoisotopic (exact) mass is 412 g/mol. The van der Waals surface area contributed by atoms with Crippen LogP contribution in [0.1, 0.15) is 12.5 Å². The van der Waals surface area contributed by atoms with E-state index in [0.717, 1.165) is 39.0 Å². The van der Waals surface area contributed by atoms with Crippen LogP contribution in [-0.4, -0.2) is 29.0 Å². The van der Waals surface area contributed by atoms with Gasteiger partial charge in [0.2, 0.25) is 0 Å². The molecule has 7 heteroatoms. The van der Waals surface area contributed by atoms with Gasteiger partial charge in [0.25, 0.3) is 5.91 Å². The third-order valence-corrected chi connectivity index (χ3v) is 5.75. The fraction of sp³-hybridized carbons (Fsp3) is 0.125. The Kier molecular flexibility index (Phi) is 4.25. The smallest absolute Gasteiger partial charge is 0.322 e. The molecule has 31 heavy (non-hydrogen) atoms. The van der Waals surface area contributed by atoms with Crippen LogP contribution in [0, 0.1) is 0 Å². The first-order valence-electron chi connectivity index (χ1n) is 9.84. The number of nitrogens with zero attached hydrogens (tertiary/aromatic N) is 1. The minimum absolute atomic E-state index is 0.368. The first-order valence-corrected chi connectivity index (χ1v) is 9.84. The lowest BCUT2D eigenvalue weighted by molar-refractivity contribution is -0.123. The molecule has 0 saturated carbocycles. The molecule has 0 unspecified atom stereocenters. The number of fused-ring (bicyclic) bond motifs is 1. The maximum atomic E-state index is 12.3. The number of para-hydroxylation sites is 1. The summed E-state index contributed by atoms with van der Waals surface area (Å²) in [6.45, 7) is 1.69. The topological polar surface area (TPSA) is 96.1 Å². The number of hydrogen-bond acceptors (Lipinski definition) is 4. The summed E-state index contributed by atoms with van der Waals surface area (Å²) >= 11 is 0. The summed E-state index contributed by atoms with van der Waals surface area (Å²) in [7, 11) is 1.65. The number of H-pyrrole nitrogens is 1. The van der Waals surface area contributed by atoms with Gasteiger partial charge in [0.1, 0.15) is 16.9 Å². The molecule has 2 aromatic carbocycles. The van der Waals surface area contributed by atoms with Crippen molar-refractivity contribution in [1.29, 1.82) is 0 Å². The van der Waals surface area contributed by atoms with Crippen molar-refractivity contribution in [3.8, 4) is 28.0 Å². The maximum Gasteiger partial charge on any atom is 0.322 e. The summed E-state index contributed by atoms with van der Waals surface area (Å²) in [5.41, 5.74) is 4.13. The zero-order valence-electron chi connectivity index (χ0n) is 17.0. The molecule has 0 spiro atoms. The van der Waals surface area contributed by atoms with Crippen molar-refractivity contribution >= 4 is 23.0 Å². The van der Waals surface area contributed by atoms with Crippen LogP contribution in [0.2, 0.25) is 0 Å². The van der Waals surface area contributed by atoms with Crippen LogP contribution < -0.4 is 15.4 Å². The lowest BCUT2D eigenvalue weighted by atomic mass is 9.90. The number of methoxy groups -OCH3 is 1. The van der Waals surface area contributed by atoms with E-state index in [4.69, 9.17) is 4.74 Å². The van der Waals surface area contributed by atoms with Gasteiger partial charge in [0.05, 0.1) is 7.11 Å². The number of urea groups is 1. The third kappa shape index (κ3) is 3.02. The second kappa shape index (κ2) is 6.98. The quantitative estimate of drug-likeness (QED) is 0.442. The summed E-state index contributed by atoms with van der Waals surface area (Å²) < 4.78 is 5.53. The van der Waals surface area contributed by atoms with E-state index < -0.39 is 11.6 Å². The Morgan fingerprint density at radius 1 is 0.968 bits per heavy atom. The average Bonchev–Trinajstić information content (AvgIpc) is 3.33. The van der Waals surface area contributed by atoms with E-state index in [9.17, 15) is 9.59 Å². The lowest BCUT2D eigenvalue weighted by Gasteiger charge is -2.21. The number of benzene rings is 2. The Morgan fingerprint density at radius 2 is 1.81 bits per heavy atom. The molecule has 5 rings (SSSR count). The molecule has 7 nitrogen and oxygen atoms in total. The van der Waals surface area contributed by atoms with Crippen molar-refractivity contribution in [2.45, 2.75) is 12.5 Å². The number of carbonyl (C=O) groups excluding carboxylic acids is 2. The molecule has 1 aliphatic rings. The predicted octanol–water partition coefficient (Wildman–Crippen LogP) is 3.96. The zero-order valence-corrected chi connectivity index (χ0v) is 17.0. The summed E-state index contributed by atoms with van der Waals surface area (Å²) in [5.74, 6) is 0.416. The van der Waals surface area contributed by atoms with Crippen LogP contribution in [0.25, 0.3) is 33.3 Å².